The van der Waals surface area contributed by atoms with Gasteiger partial charge in [0.25, 0.3) is 0 Å². The summed E-state index contributed by atoms with van der Waals surface area (Å²) in [6, 6.07) is -0.508. The smallest absolute Gasteiger partial charge is 0.332 e. The molecule has 1 heterocycles. The van der Waals surface area contributed by atoms with E-state index in [-0.39, 0.29) is 13.0 Å². The highest BCUT2D eigenvalue weighted by Gasteiger charge is 2.13. The molecule has 0 aromatic carbocycles. The van der Waals surface area contributed by atoms with Crippen LogP contribution in [0.5, 0.6) is 0 Å². The summed E-state index contributed by atoms with van der Waals surface area (Å²) in [5, 5.41) is 31.0. The molecular formula is C9H14N4O4S. The van der Waals surface area contributed by atoms with Crippen molar-refractivity contribution in [2.75, 3.05) is 11.9 Å². The fourth-order valence-electron chi connectivity index (χ4n) is 1.03. The number of urea groups is 1. The van der Waals surface area contributed by atoms with Crippen LogP contribution >= 0.6 is 11.3 Å². The number of carbonyl (C=O) groups is 2. The van der Waals surface area contributed by atoms with Gasteiger partial charge in [-0.05, 0) is 6.42 Å². The average Bonchev–Trinajstić information content (AvgIpc) is 2.76. The Morgan fingerprint density at radius 3 is 2.72 bits per heavy atom. The maximum atomic E-state index is 11.3. The van der Waals surface area contributed by atoms with Crippen LogP contribution in [-0.2, 0) is 11.2 Å². The van der Waals surface area contributed by atoms with Crippen molar-refractivity contribution in [3.8, 4) is 0 Å². The van der Waals surface area contributed by atoms with Crippen molar-refractivity contribution in [3.63, 3.8) is 0 Å². The lowest BCUT2D eigenvalue weighted by molar-refractivity contribution is -0.146. The molecule has 0 aliphatic rings. The van der Waals surface area contributed by atoms with Crippen LogP contribution in [0.1, 0.15) is 18.4 Å². The van der Waals surface area contributed by atoms with E-state index in [0.29, 0.717) is 5.13 Å². The average molecular weight is 274 g/mol. The summed E-state index contributed by atoms with van der Waals surface area (Å²) in [6.07, 6.45) is -0.788. The number of carbonyl (C=O) groups excluding carboxylic acids is 1. The first kappa shape index (κ1) is 14.3. The molecule has 100 valence electrons. The van der Waals surface area contributed by atoms with Crippen LogP contribution in [-0.4, -0.2) is 45.1 Å². The third kappa shape index (κ3) is 4.63. The topological polar surface area (TPSA) is 124 Å². The summed E-state index contributed by atoms with van der Waals surface area (Å²) in [4.78, 5) is 21.7. The van der Waals surface area contributed by atoms with Gasteiger partial charge in [-0.3, -0.25) is 5.32 Å². The van der Waals surface area contributed by atoms with Gasteiger partial charge in [0, 0.05) is 13.0 Å². The summed E-state index contributed by atoms with van der Waals surface area (Å²) in [6.45, 7) is 1.98. The number of aliphatic hydroxyl groups is 1. The van der Waals surface area contributed by atoms with Gasteiger partial charge >= 0.3 is 12.0 Å². The second kappa shape index (κ2) is 6.87. The molecule has 1 aromatic rings. The van der Waals surface area contributed by atoms with Crippen molar-refractivity contribution in [2.45, 2.75) is 25.9 Å². The lowest BCUT2D eigenvalue weighted by atomic mass is 10.2. The van der Waals surface area contributed by atoms with Crippen molar-refractivity contribution in [2.24, 2.45) is 0 Å². The molecule has 8 nitrogen and oxygen atoms in total. The van der Waals surface area contributed by atoms with Crippen LogP contribution in [0.2, 0.25) is 0 Å². The van der Waals surface area contributed by atoms with Gasteiger partial charge in [-0.1, -0.05) is 18.3 Å². The van der Waals surface area contributed by atoms with E-state index in [1.54, 1.807) is 0 Å². The summed E-state index contributed by atoms with van der Waals surface area (Å²) in [7, 11) is 0. The lowest BCUT2D eigenvalue weighted by Gasteiger charge is -2.06. The van der Waals surface area contributed by atoms with E-state index in [9.17, 15) is 9.59 Å². The number of aryl methyl sites for hydroxylation is 1. The first-order chi connectivity index (χ1) is 8.52. The van der Waals surface area contributed by atoms with Gasteiger partial charge < -0.3 is 15.5 Å². The predicted molar refractivity (Wildman–Crippen MR) is 64.6 cm³/mol. The molecule has 0 bridgehead atoms. The molecule has 0 aliphatic carbocycles. The SMILES string of the molecule is CCc1nnc(NC(=O)NCCC(O)C(=O)O)s1. The number of nitrogens with one attached hydrogen (secondary N) is 2. The Morgan fingerprint density at radius 2 is 2.17 bits per heavy atom. The highest BCUT2D eigenvalue weighted by molar-refractivity contribution is 7.15. The Labute approximate surface area is 107 Å². The minimum absolute atomic E-state index is 0.0543. The van der Waals surface area contributed by atoms with E-state index in [4.69, 9.17) is 10.2 Å². The number of rotatable bonds is 6. The normalized spacial score (nSPS) is 11.9. The number of carboxylic acid groups (broad SMARTS) is 1. The number of anilines is 1. The van der Waals surface area contributed by atoms with Gasteiger partial charge in [0.2, 0.25) is 5.13 Å². The molecular weight excluding hydrogens is 260 g/mol. The number of nitrogens with zero attached hydrogens (tertiary/aromatic N) is 2. The Kier molecular flexibility index (Phi) is 5.46. The van der Waals surface area contributed by atoms with E-state index >= 15 is 0 Å². The van der Waals surface area contributed by atoms with Crippen molar-refractivity contribution >= 4 is 28.5 Å². The number of amides is 2. The molecule has 0 spiro atoms. The molecule has 0 fully saturated rings. The zero-order valence-corrected chi connectivity index (χ0v) is 10.5. The number of aliphatic carboxylic acids is 1. The van der Waals surface area contributed by atoms with Gasteiger partial charge in [0.1, 0.15) is 5.01 Å². The number of hydrogen-bond acceptors (Lipinski definition) is 6. The minimum Gasteiger partial charge on any atom is -0.479 e. The zero-order valence-electron chi connectivity index (χ0n) is 9.71. The summed E-state index contributed by atoms with van der Waals surface area (Å²) >= 11 is 1.27. The zero-order chi connectivity index (χ0) is 13.5. The molecule has 18 heavy (non-hydrogen) atoms. The van der Waals surface area contributed by atoms with Crippen molar-refractivity contribution in [1.29, 1.82) is 0 Å². The first-order valence-corrected chi connectivity index (χ1v) is 6.12. The highest BCUT2D eigenvalue weighted by Crippen LogP contribution is 2.14. The van der Waals surface area contributed by atoms with Crippen LogP contribution in [0.15, 0.2) is 0 Å². The fourth-order valence-corrected chi connectivity index (χ4v) is 1.71. The molecule has 0 aliphatic heterocycles. The molecule has 9 heteroatoms. The molecule has 0 radical (unpaired) electrons. The molecule has 0 saturated carbocycles. The van der Waals surface area contributed by atoms with E-state index < -0.39 is 18.1 Å². The second-order valence-corrected chi connectivity index (χ2v) is 4.44. The van der Waals surface area contributed by atoms with Crippen LogP contribution in [0.4, 0.5) is 9.93 Å². The lowest BCUT2D eigenvalue weighted by Crippen LogP contribution is -2.33. The Morgan fingerprint density at radius 1 is 1.44 bits per heavy atom. The van der Waals surface area contributed by atoms with Crippen LogP contribution in [0.3, 0.4) is 0 Å². The molecule has 1 aromatic heterocycles. The fraction of sp³-hybridized carbons (Fsp3) is 0.556. The van der Waals surface area contributed by atoms with Crippen LogP contribution in [0, 0.1) is 0 Å². The van der Waals surface area contributed by atoms with Crippen LogP contribution in [0.25, 0.3) is 0 Å². The molecule has 1 rings (SSSR count). The van der Waals surface area contributed by atoms with Crippen molar-refractivity contribution in [3.05, 3.63) is 5.01 Å². The van der Waals surface area contributed by atoms with Gasteiger partial charge in [0.05, 0.1) is 0 Å². The number of carboxylic acids is 1. The Hall–Kier alpha value is -1.74. The maximum Gasteiger partial charge on any atom is 0.332 e. The summed E-state index contributed by atoms with van der Waals surface area (Å²) in [5.74, 6) is -1.31. The third-order valence-electron chi connectivity index (χ3n) is 1.98. The van der Waals surface area contributed by atoms with Gasteiger partial charge in [-0.15, -0.1) is 10.2 Å². The van der Waals surface area contributed by atoms with E-state index in [2.05, 4.69) is 20.8 Å². The maximum absolute atomic E-state index is 11.3. The highest BCUT2D eigenvalue weighted by atomic mass is 32.1. The standard InChI is InChI=1S/C9H14N4O4S/c1-2-6-12-13-9(18-6)11-8(17)10-4-3-5(14)7(15)16/h5,14H,2-4H2,1H3,(H,15,16)(H2,10,11,13,17). The minimum atomic E-state index is -1.47. The number of aliphatic hydroxyl groups excluding tert-OH is 1. The van der Waals surface area contributed by atoms with Gasteiger partial charge in [-0.2, -0.15) is 0 Å². The van der Waals surface area contributed by atoms with E-state index in [1.165, 1.54) is 11.3 Å². The Balaban J connectivity index is 2.27. The molecule has 1 atom stereocenters. The van der Waals surface area contributed by atoms with Crippen LogP contribution < -0.4 is 10.6 Å². The number of aromatic nitrogens is 2. The second-order valence-electron chi connectivity index (χ2n) is 3.38. The van der Waals surface area contributed by atoms with E-state index in [1.807, 2.05) is 6.92 Å². The van der Waals surface area contributed by atoms with Crippen molar-refractivity contribution in [1.82, 2.24) is 15.5 Å². The largest absolute Gasteiger partial charge is 0.479 e. The van der Waals surface area contributed by atoms with E-state index in [0.717, 1.165) is 11.4 Å². The first-order valence-electron chi connectivity index (χ1n) is 5.31. The van der Waals surface area contributed by atoms with Crippen molar-refractivity contribution < 1.29 is 19.8 Å². The molecule has 4 N–H and O–H groups in total. The van der Waals surface area contributed by atoms with Gasteiger partial charge in [0.15, 0.2) is 6.10 Å². The third-order valence-corrected chi connectivity index (χ3v) is 2.96. The number of hydrogen-bond donors (Lipinski definition) is 4. The molecule has 1 unspecified atom stereocenters. The molecule has 2 amide bonds. The summed E-state index contributed by atoms with van der Waals surface area (Å²) < 4.78 is 0. The quantitative estimate of drug-likeness (QED) is 0.581. The Bertz CT molecular complexity index is 422. The predicted octanol–water partition coefficient (Wildman–Crippen LogP) is 0.0576. The monoisotopic (exact) mass is 274 g/mol. The molecule has 0 saturated heterocycles. The summed E-state index contributed by atoms with van der Waals surface area (Å²) in [5.41, 5.74) is 0. The van der Waals surface area contributed by atoms with Gasteiger partial charge in [-0.25, -0.2) is 9.59 Å².